The molecule has 0 radical (unpaired) electrons. The van der Waals surface area contributed by atoms with Crippen molar-refractivity contribution in [2.45, 2.75) is 13.5 Å². The van der Waals surface area contributed by atoms with E-state index in [0.29, 0.717) is 18.1 Å². The van der Waals surface area contributed by atoms with Gasteiger partial charge in [0.2, 0.25) is 0 Å². The van der Waals surface area contributed by atoms with Crippen molar-refractivity contribution in [3.8, 4) is 6.07 Å². The van der Waals surface area contributed by atoms with Crippen LogP contribution in [0, 0.1) is 24.1 Å². The lowest BCUT2D eigenvalue weighted by Gasteiger charge is -2.19. The lowest BCUT2D eigenvalue weighted by molar-refractivity contribution is 0.621. The third-order valence-electron chi connectivity index (χ3n) is 2.76. The molecule has 19 heavy (non-hydrogen) atoms. The first-order valence-electron chi connectivity index (χ1n) is 5.77. The molecule has 0 saturated carbocycles. The zero-order valence-electron chi connectivity index (χ0n) is 11.1. The van der Waals surface area contributed by atoms with Crippen molar-refractivity contribution in [3.63, 3.8) is 0 Å². The molecule has 0 amide bonds. The van der Waals surface area contributed by atoms with E-state index >= 15 is 0 Å². The lowest BCUT2D eigenvalue weighted by Crippen LogP contribution is -2.19. The zero-order valence-corrected chi connectivity index (χ0v) is 11.1. The molecular weight excluding hydrogens is 245 g/mol. The third-order valence-corrected chi connectivity index (χ3v) is 2.76. The molecule has 0 fully saturated rings. The van der Waals surface area contributed by atoms with Crippen LogP contribution in [0.5, 0.6) is 0 Å². The maximum absolute atomic E-state index is 13.7. The first-order valence-corrected chi connectivity index (χ1v) is 5.77. The van der Waals surface area contributed by atoms with Crippen LogP contribution < -0.4 is 4.90 Å². The topological polar surface area (TPSA) is 57.7 Å². The second-order valence-corrected chi connectivity index (χ2v) is 4.44. The highest BCUT2D eigenvalue weighted by molar-refractivity contribution is 5.60. The van der Waals surface area contributed by atoms with E-state index in [4.69, 9.17) is 5.26 Å². The molecule has 0 spiro atoms. The van der Waals surface area contributed by atoms with Gasteiger partial charge in [-0.25, -0.2) is 9.37 Å². The summed E-state index contributed by atoms with van der Waals surface area (Å²) in [7, 11) is 3.56. The van der Waals surface area contributed by atoms with E-state index in [1.165, 1.54) is 6.07 Å². The lowest BCUT2D eigenvalue weighted by atomic mass is 10.1. The molecular formula is C13H14FN5. The molecule has 0 N–H and O–H groups in total. The minimum absolute atomic E-state index is 0.0454. The highest BCUT2D eigenvalue weighted by Crippen LogP contribution is 2.24. The largest absolute Gasteiger partial charge is 0.366 e. The second kappa shape index (κ2) is 5.06. The van der Waals surface area contributed by atoms with Crippen LogP contribution in [0.1, 0.15) is 17.0 Å². The van der Waals surface area contributed by atoms with E-state index < -0.39 is 5.82 Å². The molecule has 0 unspecified atom stereocenters. The second-order valence-electron chi connectivity index (χ2n) is 4.44. The molecule has 5 nitrogen and oxygen atoms in total. The summed E-state index contributed by atoms with van der Waals surface area (Å²) in [6, 6.07) is 5.04. The van der Waals surface area contributed by atoms with Crippen molar-refractivity contribution >= 4 is 5.69 Å². The first-order chi connectivity index (χ1) is 9.01. The molecule has 1 heterocycles. The van der Waals surface area contributed by atoms with Crippen molar-refractivity contribution in [1.29, 1.82) is 5.26 Å². The van der Waals surface area contributed by atoms with Crippen LogP contribution in [0.15, 0.2) is 18.5 Å². The summed E-state index contributed by atoms with van der Waals surface area (Å²) in [4.78, 5) is 5.88. The highest BCUT2D eigenvalue weighted by atomic mass is 19.1. The van der Waals surface area contributed by atoms with Crippen molar-refractivity contribution in [3.05, 3.63) is 41.2 Å². The van der Waals surface area contributed by atoms with Gasteiger partial charge in [0.15, 0.2) is 5.82 Å². The summed E-state index contributed by atoms with van der Waals surface area (Å²) in [5, 5.41) is 13.2. The van der Waals surface area contributed by atoms with Gasteiger partial charge in [0, 0.05) is 14.1 Å². The Morgan fingerprint density at radius 3 is 2.79 bits per heavy atom. The Kier molecular flexibility index (Phi) is 3.47. The number of benzene rings is 1. The van der Waals surface area contributed by atoms with Gasteiger partial charge in [-0.15, -0.1) is 0 Å². The van der Waals surface area contributed by atoms with Gasteiger partial charge >= 0.3 is 0 Å². The fourth-order valence-electron chi connectivity index (χ4n) is 1.89. The highest BCUT2D eigenvalue weighted by Gasteiger charge is 2.14. The Hall–Kier alpha value is -2.42. The van der Waals surface area contributed by atoms with Gasteiger partial charge in [0.1, 0.15) is 23.8 Å². The number of hydrogen-bond donors (Lipinski definition) is 0. The number of nitriles is 1. The molecule has 0 aliphatic carbocycles. The van der Waals surface area contributed by atoms with Crippen LogP contribution in [-0.2, 0) is 13.6 Å². The maximum atomic E-state index is 13.7. The van der Waals surface area contributed by atoms with Gasteiger partial charge in [-0.1, -0.05) is 0 Å². The first kappa shape index (κ1) is 13.0. The van der Waals surface area contributed by atoms with E-state index in [2.05, 4.69) is 10.1 Å². The monoisotopic (exact) mass is 259 g/mol. The molecule has 2 rings (SSSR count). The summed E-state index contributed by atoms with van der Waals surface area (Å²) < 4.78 is 15.3. The summed E-state index contributed by atoms with van der Waals surface area (Å²) in [5.74, 6) is 0.120. The number of hydrogen-bond acceptors (Lipinski definition) is 4. The van der Waals surface area contributed by atoms with Gasteiger partial charge < -0.3 is 4.90 Å². The third kappa shape index (κ3) is 2.71. The Morgan fingerprint density at radius 2 is 2.21 bits per heavy atom. The Morgan fingerprint density at radius 1 is 1.47 bits per heavy atom. The van der Waals surface area contributed by atoms with E-state index in [-0.39, 0.29) is 5.56 Å². The van der Waals surface area contributed by atoms with Crippen LogP contribution in [-0.4, -0.2) is 21.8 Å². The van der Waals surface area contributed by atoms with Crippen molar-refractivity contribution in [1.82, 2.24) is 14.8 Å². The Balaban J connectivity index is 2.33. The van der Waals surface area contributed by atoms with Crippen LogP contribution in [0.3, 0.4) is 0 Å². The summed E-state index contributed by atoms with van der Waals surface area (Å²) in [5.41, 5.74) is 1.36. The van der Waals surface area contributed by atoms with E-state index in [1.54, 1.807) is 43.0 Å². The zero-order chi connectivity index (χ0) is 14.0. The number of aromatic nitrogens is 3. The molecule has 0 aliphatic rings. The smallest absolute Gasteiger partial charge is 0.169 e. The van der Waals surface area contributed by atoms with Gasteiger partial charge in [-0.3, -0.25) is 4.68 Å². The summed E-state index contributed by atoms with van der Waals surface area (Å²) in [6.45, 7) is 2.21. The van der Waals surface area contributed by atoms with Crippen molar-refractivity contribution in [2.75, 3.05) is 11.9 Å². The average molecular weight is 259 g/mol. The molecule has 0 aliphatic heterocycles. The Labute approximate surface area is 110 Å². The van der Waals surface area contributed by atoms with Crippen LogP contribution in [0.2, 0.25) is 0 Å². The maximum Gasteiger partial charge on any atom is 0.169 e. The quantitative estimate of drug-likeness (QED) is 0.843. The van der Waals surface area contributed by atoms with Crippen LogP contribution >= 0.6 is 0 Å². The summed E-state index contributed by atoms with van der Waals surface area (Å²) >= 11 is 0. The fourth-order valence-corrected chi connectivity index (χ4v) is 1.89. The number of nitrogens with zero attached hydrogens (tertiary/aromatic N) is 5. The number of rotatable bonds is 3. The molecule has 6 heteroatoms. The number of aryl methyl sites for hydroxylation is 2. The molecule has 1 aromatic heterocycles. The van der Waals surface area contributed by atoms with E-state index in [0.717, 1.165) is 5.56 Å². The summed E-state index contributed by atoms with van der Waals surface area (Å²) in [6.07, 6.45) is 1.60. The minimum atomic E-state index is -0.502. The van der Waals surface area contributed by atoms with Crippen molar-refractivity contribution < 1.29 is 4.39 Å². The predicted octanol–water partition coefficient (Wildman–Crippen LogP) is 1.77. The van der Waals surface area contributed by atoms with Gasteiger partial charge in [0.05, 0.1) is 12.2 Å². The number of halogens is 1. The van der Waals surface area contributed by atoms with Gasteiger partial charge in [-0.05, 0) is 24.6 Å². The molecule has 0 atom stereocenters. The average Bonchev–Trinajstić information content (AvgIpc) is 2.73. The van der Waals surface area contributed by atoms with E-state index in [9.17, 15) is 4.39 Å². The molecule has 1 aromatic carbocycles. The molecule has 0 saturated heterocycles. The van der Waals surface area contributed by atoms with Gasteiger partial charge in [0.25, 0.3) is 0 Å². The Bertz CT molecular complexity index is 641. The fraction of sp³-hybridized carbons (Fsp3) is 0.308. The van der Waals surface area contributed by atoms with Gasteiger partial charge in [-0.2, -0.15) is 10.4 Å². The SMILES string of the molecule is Cc1cc(F)c(C#N)c(N(C)Cc2ncn(C)n2)c1. The van der Waals surface area contributed by atoms with E-state index in [1.807, 2.05) is 6.07 Å². The standard InChI is InChI=1S/C13H14FN5/c1-9-4-11(14)10(6-15)12(5-9)18(2)7-13-16-8-19(3)17-13/h4-5,8H,7H2,1-3H3. The van der Waals surface area contributed by atoms with Crippen LogP contribution in [0.25, 0.3) is 0 Å². The van der Waals surface area contributed by atoms with Crippen LogP contribution in [0.4, 0.5) is 10.1 Å². The predicted molar refractivity (Wildman–Crippen MR) is 69.0 cm³/mol. The normalized spacial score (nSPS) is 10.3. The minimum Gasteiger partial charge on any atom is -0.366 e. The molecule has 98 valence electrons. The molecule has 2 aromatic rings. The van der Waals surface area contributed by atoms with Crippen molar-refractivity contribution in [2.24, 2.45) is 7.05 Å². The number of anilines is 1. The molecule has 0 bridgehead atoms.